The molecule has 0 aliphatic carbocycles. The van der Waals surface area contributed by atoms with Crippen LogP contribution in [0.15, 0.2) is 21.6 Å². The van der Waals surface area contributed by atoms with Crippen LogP contribution in [0.4, 0.5) is 0 Å². The first-order valence-corrected chi connectivity index (χ1v) is 5.00. The molecule has 1 heterocycles. The highest BCUT2D eigenvalue weighted by Gasteiger charge is 1.99. The van der Waals surface area contributed by atoms with E-state index in [2.05, 4.69) is 6.92 Å². The van der Waals surface area contributed by atoms with Gasteiger partial charge in [0.25, 0.3) is 0 Å². The van der Waals surface area contributed by atoms with Gasteiger partial charge < -0.3 is 4.42 Å². The maximum absolute atomic E-state index is 5.17. The predicted octanol–water partition coefficient (Wildman–Crippen LogP) is 3.48. The summed E-state index contributed by atoms with van der Waals surface area (Å²) in [6.45, 7) is 4.22. The van der Waals surface area contributed by atoms with Crippen LogP contribution in [0.2, 0.25) is 0 Å². The van der Waals surface area contributed by atoms with Gasteiger partial charge in [-0.05, 0) is 25.2 Å². The van der Waals surface area contributed by atoms with E-state index in [1.165, 1.54) is 23.5 Å². The Kier molecular flexibility index (Phi) is 3.57. The molecule has 0 fully saturated rings. The Morgan fingerprint density at radius 2 is 2.36 bits per heavy atom. The summed E-state index contributed by atoms with van der Waals surface area (Å²) in [5, 5.41) is 0. The lowest BCUT2D eigenvalue weighted by Gasteiger charge is -1.96. The molecule has 0 aromatic carbocycles. The van der Waals surface area contributed by atoms with Crippen molar-refractivity contribution >= 4 is 11.8 Å². The van der Waals surface area contributed by atoms with E-state index in [4.69, 9.17) is 4.42 Å². The van der Waals surface area contributed by atoms with Gasteiger partial charge in [-0.2, -0.15) is 0 Å². The van der Waals surface area contributed by atoms with E-state index in [-0.39, 0.29) is 0 Å². The van der Waals surface area contributed by atoms with Crippen LogP contribution in [0.5, 0.6) is 0 Å². The molecule has 1 aromatic heterocycles. The van der Waals surface area contributed by atoms with Crippen LogP contribution in [0.1, 0.15) is 25.5 Å². The highest BCUT2D eigenvalue weighted by molar-refractivity contribution is 7.99. The smallest absolute Gasteiger partial charge is 0.114 e. The average Bonchev–Trinajstić information content (AvgIpc) is 2.37. The van der Waals surface area contributed by atoms with E-state index in [9.17, 15) is 0 Å². The van der Waals surface area contributed by atoms with Gasteiger partial charge in [0, 0.05) is 4.90 Å². The third-order valence-corrected chi connectivity index (χ3v) is 2.79. The maximum atomic E-state index is 5.17. The van der Waals surface area contributed by atoms with E-state index >= 15 is 0 Å². The van der Waals surface area contributed by atoms with Crippen LogP contribution in [-0.2, 0) is 0 Å². The lowest BCUT2D eigenvalue weighted by atomic mass is 10.4. The number of thioether (sulfide) groups is 1. The molecule has 11 heavy (non-hydrogen) atoms. The standard InChI is InChI=1S/C9H14OS/c1-3-4-7-11-9-5-6-10-8(9)2/h5-6H,3-4,7H2,1-2H3. The summed E-state index contributed by atoms with van der Waals surface area (Å²) < 4.78 is 5.17. The van der Waals surface area contributed by atoms with Crippen molar-refractivity contribution in [1.82, 2.24) is 0 Å². The second-order valence-corrected chi connectivity index (χ2v) is 3.68. The van der Waals surface area contributed by atoms with E-state index in [0.717, 1.165) is 5.76 Å². The quantitative estimate of drug-likeness (QED) is 0.507. The van der Waals surface area contributed by atoms with E-state index in [1.54, 1.807) is 6.26 Å². The molecule has 0 saturated carbocycles. The monoisotopic (exact) mass is 170 g/mol. The lowest BCUT2D eigenvalue weighted by Crippen LogP contribution is -1.77. The first kappa shape index (κ1) is 8.72. The van der Waals surface area contributed by atoms with Gasteiger partial charge in [0.05, 0.1) is 6.26 Å². The summed E-state index contributed by atoms with van der Waals surface area (Å²) in [6.07, 6.45) is 4.31. The van der Waals surface area contributed by atoms with Gasteiger partial charge in [-0.15, -0.1) is 11.8 Å². The van der Waals surface area contributed by atoms with Crippen LogP contribution in [0.25, 0.3) is 0 Å². The van der Waals surface area contributed by atoms with Crippen LogP contribution in [-0.4, -0.2) is 5.75 Å². The summed E-state index contributed by atoms with van der Waals surface area (Å²) in [7, 11) is 0. The van der Waals surface area contributed by atoms with E-state index in [1.807, 2.05) is 24.8 Å². The Morgan fingerprint density at radius 1 is 1.55 bits per heavy atom. The SMILES string of the molecule is CCCCSc1ccoc1C. The zero-order valence-corrected chi connectivity index (χ0v) is 7.91. The van der Waals surface area contributed by atoms with E-state index in [0.29, 0.717) is 0 Å². The van der Waals surface area contributed by atoms with Crippen LogP contribution in [0, 0.1) is 6.92 Å². The number of furan rings is 1. The summed E-state index contributed by atoms with van der Waals surface area (Å²) in [6, 6.07) is 2.04. The minimum absolute atomic E-state index is 1.05. The fraction of sp³-hybridized carbons (Fsp3) is 0.556. The molecule has 1 nitrogen and oxygen atoms in total. The highest BCUT2D eigenvalue weighted by atomic mass is 32.2. The molecule has 0 atom stereocenters. The third kappa shape index (κ3) is 2.62. The Balaban J connectivity index is 2.32. The average molecular weight is 170 g/mol. The van der Waals surface area contributed by atoms with Gasteiger partial charge in [-0.25, -0.2) is 0 Å². The lowest BCUT2D eigenvalue weighted by molar-refractivity contribution is 0.527. The van der Waals surface area contributed by atoms with Crippen molar-refractivity contribution in [3.63, 3.8) is 0 Å². The van der Waals surface area contributed by atoms with Crippen molar-refractivity contribution in [1.29, 1.82) is 0 Å². The van der Waals surface area contributed by atoms with Crippen molar-refractivity contribution in [3.05, 3.63) is 18.1 Å². The fourth-order valence-corrected chi connectivity index (χ4v) is 1.91. The van der Waals surface area contributed by atoms with Gasteiger partial charge in [-0.3, -0.25) is 0 Å². The van der Waals surface area contributed by atoms with Crippen molar-refractivity contribution in [3.8, 4) is 0 Å². The molecule has 1 aromatic rings. The van der Waals surface area contributed by atoms with Crippen LogP contribution >= 0.6 is 11.8 Å². The molecule has 0 N–H and O–H groups in total. The topological polar surface area (TPSA) is 13.1 Å². The zero-order chi connectivity index (χ0) is 8.10. The fourth-order valence-electron chi connectivity index (χ4n) is 0.850. The van der Waals surface area contributed by atoms with Gasteiger partial charge in [-0.1, -0.05) is 13.3 Å². The molecular weight excluding hydrogens is 156 g/mol. The molecule has 0 saturated heterocycles. The number of aryl methyl sites for hydroxylation is 1. The van der Waals surface area contributed by atoms with Gasteiger partial charge in [0.15, 0.2) is 0 Å². The molecule has 0 aliphatic rings. The van der Waals surface area contributed by atoms with Gasteiger partial charge >= 0.3 is 0 Å². The molecule has 0 spiro atoms. The van der Waals surface area contributed by atoms with Crippen LogP contribution < -0.4 is 0 Å². The normalized spacial score (nSPS) is 10.4. The van der Waals surface area contributed by atoms with Crippen molar-refractivity contribution in [2.45, 2.75) is 31.6 Å². The maximum Gasteiger partial charge on any atom is 0.114 e. The minimum atomic E-state index is 1.05. The third-order valence-electron chi connectivity index (χ3n) is 1.57. The summed E-state index contributed by atoms with van der Waals surface area (Å²) in [5.41, 5.74) is 0. The van der Waals surface area contributed by atoms with E-state index < -0.39 is 0 Å². The molecule has 62 valence electrons. The molecule has 0 amide bonds. The van der Waals surface area contributed by atoms with Gasteiger partial charge in [0.1, 0.15) is 5.76 Å². The first-order valence-electron chi connectivity index (χ1n) is 4.01. The van der Waals surface area contributed by atoms with Gasteiger partial charge in [0.2, 0.25) is 0 Å². The Bertz CT molecular complexity index is 205. The Hall–Kier alpha value is -0.370. The molecule has 0 unspecified atom stereocenters. The largest absolute Gasteiger partial charge is 0.468 e. The highest BCUT2D eigenvalue weighted by Crippen LogP contribution is 2.23. The van der Waals surface area contributed by atoms with Crippen molar-refractivity contribution in [2.75, 3.05) is 5.75 Å². The Labute approximate surface area is 72.2 Å². The molecule has 0 bridgehead atoms. The summed E-state index contributed by atoms with van der Waals surface area (Å²) >= 11 is 1.88. The summed E-state index contributed by atoms with van der Waals surface area (Å²) in [4.78, 5) is 1.29. The zero-order valence-electron chi connectivity index (χ0n) is 7.09. The molecule has 2 heteroatoms. The number of unbranched alkanes of at least 4 members (excludes halogenated alkanes) is 1. The number of rotatable bonds is 4. The molecular formula is C9H14OS. The second-order valence-electron chi connectivity index (χ2n) is 2.54. The van der Waals surface area contributed by atoms with Crippen molar-refractivity contribution < 1.29 is 4.42 Å². The molecule has 0 aliphatic heterocycles. The summed E-state index contributed by atoms with van der Waals surface area (Å²) in [5.74, 6) is 2.25. The molecule has 0 radical (unpaired) electrons. The molecule has 1 rings (SSSR count). The predicted molar refractivity (Wildman–Crippen MR) is 49.1 cm³/mol. The first-order chi connectivity index (χ1) is 5.34. The Morgan fingerprint density at radius 3 is 2.91 bits per heavy atom. The van der Waals surface area contributed by atoms with Crippen molar-refractivity contribution in [2.24, 2.45) is 0 Å². The van der Waals surface area contributed by atoms with Crippen LogP contribution in [0.3, 0.4) is 0 Å². The number of hydrogen-bond donors (Lipinski definition) is 0. The number of hydrogen-bond acceptors (Lipinski definition) is 2. The minimum Gasteiger partial charge on any atom is -0.468 e. The second kappa shape index (κ2) is 4.50.